The van der Waals surface area contributed by atoms with Crippen molar-refractivity contribution < 1.29 is 19.4 Å². The summed E-state index contributed by atoms with van der Waals surface area (Å²) in [7, 11) is 1.33. The number of esters is 1. The molecule has 0 aliphatic heterocycles. The number of ether oxygens (including phenoxy) is 2. The van der Waals surface area contributed by atoms with Crippen LogP contribution in [0.3, 0.4) is 0 Å². The second kappa shape index (κ2) is 10.3. The third-order valence-electron chi connectivity index (χ3n) is 4.71. The first-order valence-corrected chi connectivity index (χ1v) is 9.89. The fourth-order valence-electron chi connectivity index (χ4n) is 3.18. The molecule has 0 aliphatic carbocycles. The summed E-state index contributed by atoms with van der Waals surface area (Å²) in [5.41, 5.74) is 2.86. The molecular formula is C22H25ClN2O4. The van der Waals surface area contributed by atoms with E-state index in [9.17, 15) is 9.90 Å². The van der Waals surface area contributed by atoms with Crippen molar-refractivity contribution >= 4 is 28.5 Å². The Hall–Kier alpha value is -2.54. The Balaban J connectivity index is 1.49. The fraction of sp³-hybridized carbons (Fsp3) is 0.318. The minimum absolute atomic E-state index is 0.122. The van der Waals surface area contributed by atoms with Crippen LogP contribution in [0.15, 0.2) is 48.7 Å². The molecule has 0 aliphatic rings. The van der Waals surface area contributed by atoms with Crippen molar-refractivity contribution in [1.29, 1.82) is 0 Å². The van der Waals surface area contributed by atoms with E-state index in [2.05, 4.69) is 15.0 Å². The van der Waals surface area contributed by atoms with Gasteiger partial charge in [0.1, 0.15) is 5.75 Å². The average molecular weight is 417 g/mol. The Kier molecular flexibility index (Phi) is 7.52. The number of carbonyl (C=O) groups is 1. The molecule has 0 saturated heterocycles. The molecule has 0 amide bonds. The molecule has 3 N–H and O–H groups in total. The van der Waals surface area contributed by atoms with E-state index in [1.54, 1.807) is 12.1 Å². The van der Waals surface area contributed by atoms with Crippen molar-refractivity contribution in [2.24, 2.45) is 0 Å². The number of aromatic amines is 1. The zero-order valence-corrected chi connectivity index (χ0v) is 17.0. The van der Waals surface area contributed by atoms with Gasteiger partial charge in [-0.25, -0.2) is 4.79 Å². The monoisotopic (exact) mass is 416 g/mol. The van der Waals surface area contributed by atoms with Crippen LogP contribution in [-0.4, -0.2) is 42.9 Å². The molecule has 0 bridgehead atoms. The Morgan fingerprint density at radius 2 is 2.10 bits per heavy atom. The number of aliphatic hydroxyl groups excluding tert-OH is 1. The summed E-state index contributed by atoms with van der Waals surface area (Å²) in [5, 5.41) is 15.2. The molecule has 1 heterocycles. The van der Waals surface area contributed by atoms with Gasteiger partial charge in [-0.1, -0.05) is 35.9 Å². The smallest absolute Gasteiger partial charge is 0.343 e. The van der Waals surface area contributed by atoms with Gasteiger partial charge in [0.2, 0.25) is 0 Å². The standard InChI is InChI=1S/C22H25ClN2O4/c1-28-21(27)14-29-20-9-3-8-18-16(12-25-22(18)20)6-4-10-24-13-19(26)15-5-2-7-17(23)11-15/h2-3,5,7-9,11-12,19,24-26H,4,6,10,13-14H2,1H3/t19-/m0/s1. The van der Waals surface area contributed by atoms with Gasteiger partial charge < -0.3 is 24.9 Å². The maximum atomic E-state index is 11.3. The quantitative estimate of drug-likeness (QED) is 0.347. The van der Waals surface area contributed by atoms with Crippen LogP contribution in [0.5, 0.6) is 5.75 Å². The summed E-state index contributed by atoms with van der Waals surface area (Å²) in [5.74, 6) is 0.210. The number of fused-ring (bicyclic) bond motifs is 1. The van der Waals surface area contributed by atoms with E-state index >= 15 is 0 Å². The molecule has 7 heteroatoms. The number of aryl methyl sites for hydroxylation is 1. The topological polar surface area (TPSA) is 83.6 Å². The first-order chi connectivity index (χ1) is 14.1. The van der Waals surface area contributed by atoms with E-state index in [1.807, 2.05) is 36.5 Å². The number of carbonyl (C=O) groups excluding carboxylic acids is 1. The van der Waals surface area contributed by atoms with Crippen molar-refractivity contribution in [3.05, 3.63) is 64.8 Å². The van der Waals surface area contributed by atoms with E-state index in [0.717, 1.165) is 35.9 Å². The number of aromatic nitrogens is 1. The minimum Gasteiger partial charge on any atom is -0.480 e. The lowest BCUT2D eigenvalue weighted by atomic mass is 10.1. The van der Waals surface area contributed by atoms with Gasteiger partial charge in [0, 0.05) is 23.2 Å². The molecule has 0 unspecified atom stereocenters. The molecule has 154 valence electrons. The first kappa shape index (κ1) is 21.2. The molecule has 2 aromatic carbocycles. The third kappa shape index (κ3) is 5.73. The van der Waals surface area contributed by atoms with E-state index in [0.29, 0.717) is 17.3 Å². The van der Waals surface area contributed by atoms with Crippen LogP contribution < -0.4 is 10.1 Å². The molecule has 0 fully saturated rings. The zero-order chi connectivity index (χ0) is 20.6. The highest BCUT2D eigenvalue weighted by molar-refractivity contribution is 6.30. The molecule has 0 saturated carbocycles. The summed E-state index contributed by atoms with van der Waals surface area (Å²) in [6.07, 6.45) is 3.18. The first-order valence-electron chi connectivity index (χ1n) is 9.51. The highest BCUT2D eigenvalue weighted by Crippen LogP contribution is 2.28. The lowest BCUT2D eigenvalue weighted by Crippen LogP contribution is -2.22. The molecular weight excluding hydrogens is 392 g/mol. The molecule has 6 nitrogen and oxygen atoms in total. The molecule has 29 heavy (non-hydrogen) atoms. The average Bonchev–Trinajstić information content (AvgIpc) is 3.15. The summed E-state index contributed by atoms with van der Waals surface area (Å²) < 4.78 is 10.2. The molecule has 1 atom stereocenters. The predicted octanol–water partition coefficient (Wildman–Crippen LogP) is 3.63. The van der Waals surface area contributed by atoms with Gasteiger partial charge in [-0.3, -0.25) is 0 Å². The molecule has 0 radical (unpaired) electrons. The van der Waals surface area contributed by atoms with Gasteiger partial charge in [-0.15, -0.1) is 0 Å². The lowest BCUT2D eigenvalue weighted by molar-refractivity contribution is -0.142. The van der Waals surface area contributed by atoms with Gasteiger partial charge in [0.25, 0.3) is 0 Å². The highest BCUT2D eigenvalue weighted by atomic mass is 35.5. The summed E-state index contributed by atoms with van der Waals surface area (Å²) in [6, 6.07) is 13.0. The van der Waals surface area contributed by atoms with Gasteiger partial charge >= 0.3 is 5.97 Å². The van der Waals surface area contributed by atoms with Crippen molar-refractivity contribution in [3.8, 4) is 5.75 Å². The number of methoxy groups -OCH3 is 1. The van der Waals surface area contributed by atoms with Gasteiger partial charge in [0.05, 0.1) is 18.7 Å². The number of para-hydroxylation sites is 1. The van der Waals surface area contributed by atoms with Crippen LogP contribution in [0.2, 0.25) is 5.02 Å². The maximum Gasteiger partial charge on any atom is 0.343 e. The number of rotatable bonds is 10. The molecule has 3 rings (SSSR count). The largest absolute Gasteiger partial charge is 0.480 e. The SMILES string of the molecule is COC(=O)COc1cccc2c(CCCNC[C@H](O)c3cccc(Cl)c3)c[nH]c12. The Morgan fingerprint density at radius 1 is 1.28 bits per heavy atom. The molecule has 1 aromatic heterocycles. The highest BCUT2D eigenvalue weighted by Gasteiger charge is 2.11. The van der Waals surface area contributed by atoms with Gasteiger partial charge in [-0.2, -0.15) is 0 Å². The predicted molar refractivity (Wildman–Crippen MR) is 113 cm³/mol. The Labute approximate surface area is 174 Å². The second-order valence-electron chi connectivity index (χ2n) is 6.74. The second-order valence-corrected chi connectivity index (χ2v) is 7.17. The Bertz CT molecular complexity index is 957. The van der Waals surface area contributed by atoms with Crippen molar-refractivity contribution in [3.63, 3.8) is 0 Å². The number of benzene rings is 2. The zero-order valence-electron chi connectivity index (χ0n) is 16.3. The maximum absolute atomic E-state index is 11.3. The number of hydrogen-bond donors (Lipinski definition) is 3. The van der Waals surface area contributed by atoms with E-state index in [1.165, 1.54) is 12.7 Å². The van der Waals surface area contributed by atoms with Crippen molar-refractivity contribution in [1.82, 2.24) is 10.3 Å². The Morgan fingerprint density at radius 3 is 2.90 bits per heavy atom. The molecule has 0 spiro atoms. The number of halogens is 1. The lowest BCUT2D eigenvalue weighted by Gasteiger charge is -2.12. The van der Waals surface area contributed by atoms with Gasteiger partial charge in [-0.05, 0) is 48.7 Å². The number of aliphatic hydroxyl groups is 1. The van der Waals surface area contributed by atoms with Crippen molar-refractivity contribution in [2.75, 3.05) is 26.8 Å². The van der Waals surface area contributed by atoms with Gasteiger partial charge in [0.15, 0.2) is 6.61 Å². The van der Waals surface area contributed by atoms with Crippen LogP contribution >= 0.6 is 11.6 Å². The van der Waals surface area contributed by atoms with Crippen LogP contribution in [0.4, 0.5) is 0 Å². The number of hydrogen-bond acceptors (Lipinski definition) is 5. The van der Waals surface area contributed by atoms with E-state index in [-0.39, 0.29) is 6.61 Å². The fourth-order valence-corrected chi connectivity index (χ4v) is 3.38. The normalized spacial score (nSPS) is 12.1. The molecule has 3 aromatic rings. The summed E-state index contributed by atoms with van der Waals surface area (Å²) >= 11 is 5.96. The minimum atomic E-state index is -0.587. The van der Waals surface area contributed by atoms with E-state index in [4.69, 9.17) is 16.3 Å². The number of nitrogens with one attached hydrogen (secondary N) is 2. The van der Waals surface area contributed by atoms with E-state index < -0.39 is 12.1 Å². The summed E-state index contributed by atoms with van der Waals surface area (Å²) in [6.45, 7) is 1.13. The van der Waals surface area contributed by atoms with Crippen molar-refractivity contribution in [2.45, 2.75) is 18.9 Å². The van der Waals surface area contributed by atoms with Crippen LogP contribution in [0, 0.1) is 0 Å². The van der Waals surface area contributed by atoms with Crippen LogP contribution in [0.1, 0.15) is 23.7 Å². The van der Waals surface area contributed by atoms with Crippen LogP contribution in [0.25, 0.3) is 10.9 Å². The summed E-state index contributed by atoms with van der Waals surface area (Å²) in [4.78, 5) is 14.5. The van der Waals surface area contributed by atoms with Crippen LogP contribution in [-0.2, 0) is 16.0 Å². The third-order valence-corrected chi connectivity index (χ3v) is 4.94. The number of H-pyrrole nitrogens is 1.